The fraction of sp³-hybridized carbons (Fsp3) is 0.214. The standard InChI is InChI=1S/C14H15N5/c1-8-9(2)16-14(18-13(8)15)19-10(3)17-11-6-4-5-7-12(11)19/h4-7H,1-3H3,(H2,15,16,18). The largest absolute Gasteiger partial charge is 0.383 e. The first-order valence-electron chi connectivity index (χ1n) is 6.13. The normalized spacial score (nSPS) is 11.1. The maximum atomic E-state index is 5.94. The van der Waals surface area contributed by atoms with E-state index in [2.05, 4.69) is 15.0 Å². The molecule has 0 aliphatic carbocycles. The van der Waals surface area contributed by atoms with E-state index in [1.54, 1.807) is 0 Å². The highest BCUT2D eigenvalue weighted by Gasteiger charge is 2.13. The van der Waals surface area contributed by atoms with Crippen LogP contribution in [0.25, 0.3) is 17.0 Å². The minimum absolute atomic E-state index is 0.514. The molecule has 0 radical (unpaired) electrons. The number of fused-ring (bicyclic) bond motifs is 1. The molecule has 96 valence electrons. The zero-order valence-electron chi connectivity index (χ0n) is 11.2. The zero-order valence-corrected chi connectivity index (χ0v) is 11.2. The SMILES string of the molecule is Cc1nc(-n2c(C)nc3ccccc32)nc(N)c1C. The Labute approximate surface area is 111 Å². The quantitative estimate of drug-likeness (QED) is 0.722. The molecule has 3 aromatic rings. The van der Waals surface area contributed by atoms with Gasteiger partial charge < -0.3 is 5.73 Å². The maximum Gasteiger partial charge on any atom is 0.237 e. The molecule has 1 aromatic carbocycles. The van der Waals surface area contributed by atoms with Gasteiger partial charge in [-0.2, -0.15) is 4.98 Å². The Balaban J connectivity index is 2.33. The number of anilines is 1. The highest BCUT2D eigenvalue weighted by atomic mass is 15.2. The number of imidazole rings is 1. The highest BCUT2D eigenvalue weighted by molar-refractivity contribution is 5.77. The van der Waals surface area contributed by atoms with Crippen LogP contribution in [0.4, 0.5) is 5.82 Å². The minimum atomic E-state index is 0.514. The van der Waals surface area contributed by atoms with Crippen LogP contribution in [0.3, 0.4) is 0 Å². The summed E-state index contributed by atoms with van der Waals surface area (Å²) in [6.45, 7) is 5.80. The molecule has 2 aromatic heterocycles. The first kappa shape index (κ1) is 11.6. The van der Waals surface area contributed by atoms with Crippen LogP contribution in [0.2, 0.25) is 0 Å². The fourth-order valence-corrected chi connectivity index (χ4v) is 2.13. The number of aryl methyl sites for hydroxylation is 2. The molecule has 0 fully saturated rings. The first-order valence-corrected chi connectivity index (χ1v) is 6.13. The van der Waals surface area contributed by atoms with Crippen molar-refractivity contribution in [2.24, 2.45) is 0 Å². The molecule has 3 rings (SSSR count). The summed E-state index contributed by atoms with van der Waals surface area (Å²) < 4.78 is 1.93. The van der Waals surface area contributed by atoms with Crippen LogP contribution in [-0.4, -0.2) is 19.5 Å². The summed E-state index contributed by atoms with van der Waals surface area (Å²) in [5, 5.41) is 0. The summed E-state index contributed by atoms with van der Waals surface area (Å²) in [6, 6.07) is 7.92. The highest BCUT2D eigenvalue weighted by Crippen LogP contribution is 2.21. The van der Waals surface area contributed by atoms with E-state index >= 15 is 0 Å². The number of nitrogen functional groups attached to an aromatic ring is 1. The topological polar surface area (TPSA) is 69.6 Å². The van der Waals surface area contributed by atoms with Crippen LogP contribution in [-0.2, 0) is 0 Å². The molecule has 0 amide bonds. The summed E-state index contributed by atoms with van der Waals surface area (Å²) >= 11 is 0. The summed E-state index contributed by atoms with van der Waals surface area (Å²) in [6.07, 6.45) is 0. The number of para-hydroxylation sites is 2. The molecule has 0 spiro atoms. The van der Waals surface area contributed by atoms with Crippen molar-refractivity contribution in [3.8, 4) is 5.95 Å². The van der Waals surface area contributed by atoms with Crippen LogP contribution in [0.1, 0.15) is 17.1 Å². The molecule has 5 heteroatoms. The zero-order chi connectivity index (χ0) is 13.6. The van der Waals surface area contributed by atoms with Gasteiger partial charge in [0.15, 0.2) is 0 Å². The van der Waals surface area contributed by atoms with Crippen molar-refractivity contribution >= 4 is 16.9 Å². The summed E-state index contributed by atoms with van der Waals surface area (Å²) in [5.41, 5.74) is 9.67. The number of hydrogen-bond acceptors (Lipinski definition) is 4. The van der Waals surface area contributed by atoms with Crippen molar-refractivity contribution in [1.29, 1.82) is 0 Å². The van der Waals surface area contributed by atoms with E-state index in [1.165, 1.54) is 0 Å². The van der Waals surface area contributed by atoms with E-state index in [1.807, 2.05) is 49.6 Å². The molecule has 0 atom stereocenters. The van der Waals surface area contributed by atoms with Crippen LogP contribution in [0, 0.1) is 20.8 Å². The number of rotatable bonds is 1. The van der Waals surface area contributed by atoms with Crippen LogP contribution in [0.5, 0.6) is 0 Å². The van der Waals surface area contributed by atoms with Gasteiger partial charge in [-0.15, -0.1) is 0 Å². The van der Waals surface area contributed by atoms with Crippen molar-refractivity contribution < 1.29 is 0 Å². The van der Waals surface area contributed by atoms with Gasteiger partial charge in [-0.3, -0.25) is 4.57 Å². The van der Waals surface area contributed by atoms with E-state index in [9.17, 15) is 0 Å². The lowest BCUT2D eigenvalue weighted by molar-refractivity contribution is 0.888. The van der Waals surface area contributed by atoms with Crippen LogP contribution >= 0.6 is 0 Å². The number of nitrogens with two attached hydrogens (primary N) is 1. The molecular formula is C14H15N5. The summed E-state index contributed by atoms with van der Waals surface area (Å²) in [7, 11) is 0. The van der Waals surface area contributed by atoms with Gasteiger partial charge in [0.25, 0.3) is 0 Å². The van der Waals surface area contributed by atoms with Crippen molar-refractivity contribution in [2.75, 3.05) is 5.73 Å². The lowest BCUT2D eigenvalue weighted by Gasteiger charge is -2.09. The van der Waals surface area contributed by atoms with E-state index in [0.29, 0.717) is 11.8 Å². The molecule has 0 saturated carbocycles. The molecule has 0 aliphatic rings. The van der Waals surface area contributed by atoms with Crippen molar-refractivity contribution in [3.63, 3.8) is 0 Å². The number of hydrogen-bond donors (Lipinski definition) is 1. The molecule has 2 N–H and O–H groups in total. The number of aromatic nitrogens is 4. The van der Waals surface area contributed by atoms with E-state index in [-0.39, 0.29) is 0 Å². The van der Waals surface area contributed by atoms with Gasteiger partial charge in [0.05, 0.1) is 11.0 Å². The molecule has 0 aliphatic heterocycles. The second kappa shape index (κ2) is 4.05. The van der Waals surface area contributed by atoms with Crippen molar-refractivity contribution in [2.45, 2.75) is 20.8 Å². The fourth-order valence-electron chi connectivity index (χ4n) is 2.13. The average molecular weight is 253 g/mol. The van der Waals surface area contributed by atoms with Gasteiger partial charge in [-0.25, -0.2) is 9.97 Å². The van der Waals surface area contributed by atoms with E-state index < -0.39 is 0 Å². The average Bonchev–Trinajstić information content (AvgIpc) is 2.71. The number of nitrogens with zero attached hydrogens (tertiary/aromatic N) is 4. The molecule has 5 nitrogen and oxygen atoms in total. The lowest BCUT2D eigenvalue weighted by Crippen LogP contribution is -2.08. The molecular weight excluding hydrogens is 238 g/mol. The van der Waals surface area contributed by atoms with Gasteiger partial charge in [0.2, 0.25) is 5.95 Å². The van der Waals surface area contributed by atoms with Crippen LogP contribution < -0.4 is 5.73 Å². The minimum Gasteiger partial charge on any atom is -0.383 e. The molecule has 0 bridgehead atoms. The Bertz CT molecular complexity index is 750. The predicted molar refractivity (Wildman–Crippen MR) is 75.3 cm³/mol. The van der Waals surface area contributed by atoms with Gasteiger partial charge in [-0.1, -0.05) is 12.1 Å². The molecule has 2 heterocycles. The molecule has 19 heavy (non-hydrogen) atoms. The van der Waals surface area contributed by atoms with Gasteiger partial charge in [-0.05, 0) is 32.9 Å². The Morgan fingerprint density at radius 1 is 1.00 bits per heavy atom. The first-order chi connectivity index (χ1) is 9.08. The Kier molecular flexibility index (Phi) is 2.48. The van der Waals surface area contributed by atoms with E-state index in [4.69, 9.17) is 5.73 Å². The Hall–Kier alpha value is -2.43. The smallest absolute Gasteiger partial charge is 0.237 e. The van der Waals surface area contributed by atoms with Crippen LogP contribution in [0.15, 0.2) is 24.3 Å². The monoisotopic (exact) mass is 253 g/mol. The third kappa shape index (κ3) is 1.74. The summed E-state index contributed by atoms with van der Waals surface area (Å²) in [5.74, 6) is 1.94. The molecule has 0 unspecified atom stereocenters. The van der Waals surface area contributed by atoms with Crippen molar-refractivity contribution in [3.05, 3.63) is 41.3 Å². The second-order valence-electron chi connectivity index (χ2n) is 4.60. The van der Waals surface area contributed by atoms with E-state index in [0.717, 1.165) is 28.1 Å². The predicted octanol–water partition coefficient (Wildman–Crippen LogP) is 2.32. The van der Waals surface area contributed by atoms with Gasteiger partial charge >= 0.3 is 0 Å². The maximum absolute atomic E-state index is 5.94. The Morgan fingerprint density at radius 2 is 1.74 bits per heavy atom. The Morgan fingerprint density at radius 3 is 2.47 bits per heavy atom. The summed E-state index contributed by atoms with van der Waals surface area (Å²) in [4.78, 5) is 13.4. The third-order valence-electron chi connectivity index (χ3n) is 3.34. The van der Waals surface area contributed by atoms with Crippen molar-refractivity contribution in [1.82, 2.24) is 19.5 Å². The lowest BCUT2D eigenvalue weighted by atomic mass is 10.2. The van der Waals surface area contributed by atoms with Gasteiger partial charge in [0.1, 0.15) is 11.6 Å². The van der Waals surface area contributed by atoms with Gasteiger partial charge in [0, 0.05) is 11.3 Å². The third-order valence-corrected chi connectivity index (χ3v) is 3.34. The number of benzene rings is 1. The second-order valence-corrected chi connectivity index (χ2v) is 4.60. The molecule has 0 saturated heterocycles.